The number of hydrogen-bond acceptors (Lipinski definition) is 2. The molecule has 3 aromatic rings. The number of thiophene rings is 2. The first-order valence-electron chi connectivity index (χ1n) is 5.55. The Morgan fingerprint density at radius 1 is 0.722 bits per heavy atom. The fourth-order valence-electron chi connectivity index (χ4n) is 1.90. The second-order valence-electron chi connectivity index (χ2n) is 3.85. The molecular formula is C14H11PS2Se. The number of rotatable bonds is 3. The Morgan fingerprint density at radius 2 is 1.28 bits per heavy atom. The summed E-state index contributed by atoms with van der Waals surface area (Å²) in [5.74, 6) is 0. The quantitative estimate of drug-likeness (QED) is 0.501. The minimum absolute atomic E-state index is 1.41. The molecule has 0 radical (unpaired) electrons. The molecule has 0 aliphatic heterocycles. The van der Waals surface area contributed by atoms with Gasteiger partial charge < -0.3 is 0 Å². The van der Waals surface area contributed by atoms with Crippen molar-refractivity contribution in [1.29, 1.82) is 0 Å². The fraction of sp³-hybridized carbons (Fsp3) is 0. The average molecular weight is 353 g/mol. The summed E-state index contributed by atoms with van der Waals surface area (Å²) in [5.41, 5.74) is -1.52. The third kappa shape index (κ3) is 2.11. The van der Waals surface area contributed by atoms with Gasteiger partial charge in [-0.05, 0) is 0 Å². The molecule has 0 nitrogen and oxygen atoms in total. The summed E-state index contributed by atoms with van der Waals surface area (Å²) in [6.45, 7) is 0. The Labute approximate surface area is 123 Å². The first-order chi connectivity index (χ1) is 8.82. The van der Waals surface area contributed by atoms with Gasteiger partial charge in [0.15, 0.2) is 0 Å². The van der Waals surface area contributed by atoms with E-state index in [1.54, 1.807) is 0 Å². The van der Waals surface area contributed by atoms with Crippen molar-refractivity contribution in [3.05, 3.63) is 65.4 Å². The second kappa shape index (κ2) is 5.28. The summed E-state index contributed by atoms with van der Waals surface area (Å²) in [5, 5.41) is 5.74. The van der Waals surface area contributed by atoms with Crippen LogP contribution in [-0.4, -0.2) is 15.1 Å². The normalized spacial score (nSPS) is 11.6. The Balaban J connectivity index is 2.26. The molecule has 0 fully saturated rings. The summed E-state index contributed by atoms with van der Waals surface area (Å²) in [7, 11) is 0. The van der Waals surface area contributed by atoms with Crippen LogP contribution < -0.4 is 14.5 Å². The van der Waals surface area contributed by atoms with Crippen LogP contribution in [0.15, 0.2) is 65.4 Å². The van der Waals surface area contributed by atoms with Gasteiger partial charge in [-0.1, -0.05) is 0 Å². The van der Waals surface area contributed by atoms with E-state index < -0.39 is 5.51 Å². The van der Waals surface area contributed by atoms with Crippen molar-refractivity contribution in [3.8, 4) is 0 Å². The predicted molar refractivity (Wildman–Crippen MR) is 86.7 cm³/mol. The maximum atomic E-state index is 3.54. The van der Waals surface area contributed by atoms with Gasteiger partial charge in [0.1, 0.15) is 0 Å². The third-order valence-corrected chi connectivity index (χ3v) is 14.3. The number of benzene rings is 1. The molecule has 0 unspecified atom stereocenters. The van der Waals surface area contributed by atoms with Gasteiger partial charge in [0, 0.05) is 0 Å². The van der Waals surface area contributed by atoms with Crippen molar-refractivity contribution in [2.45, 2.75) is 0 Å². The van der Waals surface area contributed by atoms with E-state index in [1.165, 1.54) is 14.5 Å². The molecule has 0 atom stereocenters. The van der Waals surface area contributed by atoms with E-state index >= 15 is 0 Å². The first-order valence-corrected chi connectivity index (χ1v) is 11.3. The maximum absolute atomic E-state index is 3.54. The zero-order valence-corrected chi connectivity index (χ0v) is 13.8. The van der Waals surface area contributed by atoms with Crippen LogP contribution in [-0.2, 0) is 0 Å². The van der Waals surface area contributed by atoms with Crippen molar-refractivity contribution in [1.82, 2.24) is 0 Å². The van der Waals surface area contributed by atoms with Gasteiger partial charge in [-0.15, -0.1) is 0 Å². The zero-order valence-electron chi connectivity index (χ0n) is 9.52. The van der Waals surface area contributed by atoms with E-state index in [4.69, 9.17) is 0 Å². The van der Waals surface area contributed by atoms with E-state index in [1.807, 2.05) is 22.7 Å². The van der Waals surface area contributed by atoms with Gasteiger partial charge in [0.05, 0.1) is 0 Å². The molecule has 0 spiro atoms. The van der Waals surface area contributed by atoms with Crippen LogP contribution in [0.5, 0.6) is 0 Å². The van der Waals surface area contributed by atoms with E-state index in [2.05, 4.69) is 80.5 Å². The second-order valence-corrected chi connectivity index (χ2v) is 12.5. The van der Waals surface area contributed by atoms with E-state index in [0.29, 0.717) is 0 Å². The van der Waals surface area contributed by atoms with Gasteiger partial charge in [-0.3, -0.25) is 0 Å². The van der Waals surface area contributed by atoms with Crippen molar-refractivity contribution in [3.63, 3.8) is 0 Å². The van der Waals surface area contributed by atoms with E-state index in [0.717, 1.165) is 0 Å². The Bertz CT molecular complexity index is 619. The molecule has 0 saturated heterocycles. The molecule has 0 bridgehead atoms. The van der Waals surface area contributed by atoms with Crippen LogP contribution in [0.1, 0.15) is 0 Å². The summed E-state index contributed by atoms with van der Waals surface area (Å²) >= 11 is 7.24. The molecule has 0 saturated carbocycles. The molecule has 2 heterocycles. The van der Waals surface area contributed by atoms with Gasteiger partial charge in [0.25, 0.3) is 0 Å². The van der Waals surface area contributed by atoms with Crippen molar-refractivity contribution in [2.24, 2.45) is 0 Å². The van der Waals surface area contributed by atoms with Crippen LogP contribution in [0, 0.1) is 0 Å². The predicted octanol–water partition coefficient (Wildman–Crippen LogP) is 3.19. The standard InChI is InChI=1S/C14H11PS2Se/c18-15(13-8-4-10-16-13,14-9-5-11-17-14)12-6-2-1-3-7-12/h1-11H. The topological polar surface area (TPSA) is 0 Å². The molecule has 0 aliphatic rings. The van der Waals surface area contributed by atoms with Crippen LogP contribution in [0.4, 0.5) is 0 Å². The third-order valence-electron chi connectivity index (χ3n) is 2.75. The van der Waals surface area contributed by atoms with Gasteiger partial charge >= 0.3 is 123 Å². The van der Waals surface area contributed by atoms with E-state index in [9.17, 15) is 0 Å². The van der Waals surface area contributed by atoms with Crippen LogP contribution in [0.2, 0.25) is 0 Å². The fourth-order valence-corrected chi connectivity index (χ4v) is 10.8. The van der Waals surface area contributed by atoms with Crippen LogP contribution >= 0.6 is 28.2 Å². The average Bonchev–Trinajstić information content (AvgIpc) is 3.12. The molecule has 90 valence electrons. The molecule has 18 heavy (non-hydrogen) atoms. The Kier molecular flexibility index (Phi) is 3.70. The van der Waals surface area contributed by atoms with Crippen molar-refractivity contribution >= 4 is 57.8 Å². The van der Waals surface area contributed by atoms with Crippen LogP contribution in [0.25, 0.3) is 0 Å². The van der Waals surface area contributed by atoms with Crippen molar-refractivity contribution < 1.29 is 0 Å². The molecule has 1 aromatic carbocycles. The monoisotopic (exact) mass is 354 g/mol. The molecule has 3 rings (SSSR count). The zero-order chi connectivity index (χ0) is 12.4. The molecule has 2 aromatic heterocycles. The van der Waals surface area contributed by atoms with Gasteiger partial charge in [0.2, 0.25) is 0 Å². The molecule has 0 aliphatic carbocycles. The molecule has 0 amide bonds. The van der Waals surface area contributed by atoms with Crippen molar-refractivity contribution in [2.75, 3.05) is 0 Å². The Hall–Kier alpha value is -0.431. The Morgan fingerprint density at radius 3 is 1.72 bits per heavy atom. The van der Waals surface area contributed by atoms with Gasteiger partial charge in [-0.25, -0.2) is 0 Å². The summed E-state index contributed by atoms with van der Waals surface area (Å²) in [4.78, 5) is 0. The van der Waals surface area contributed by atoms with E-state index in [-0.39, 0.29) is 0 Å². The number of hydrogen-bond donors (Lipinski definition) is 0. The molecule has 4 heteroatoms. The SMILES string of the molecule is [Se]=P(c1ccccc1)(c1cccs1)c1cccs1. The van der Waals surface area contributed by atoms with Crippen LogP contribution in [0.3, 0.4) is 0 Å². The first kappa shape index (κ1) is 12.6. The van der Waals surface area contributed by atoms with Gasteiger partial charge in [-0.2, -0.15) is 0 Å². The minimum atomic E-state index is -1.52. The summed E-state index contributed by atoms with van der Waals surface area (Å²) < 4.78 is 2.91. The molecular weight excluding hydrogens is 342 g/mol. The summed E-state index contributed by atoms with van der Waals surface area (Å²) in [6, 6.07) is 19.6. The summed E-state index contributed by atoms with van der Waals surface area (Å²) in [6.07, 6.45) is 0. The molecule has 0 N–H and O–H groups in total.